The van der Waals surface area contributed by atoms with Crippen molar-refractivity contribution in [2.45, 2.75) is 66.0 Å². The van der Waals surface area contributed by atoms with Crippen molar-refractivity contribution >= 4 is 0 Å². The Morgan fingerprint density at radius 3 is 2.06 bits per heavy atom. The summed E-state index contributed by atoms with van der Waals surface area (Å²) in [5.41, 5.74) is -0.188. The van der Waals surface area contributed by atoms with Crippen LogP contribution in [0.25, 0.3) is 0 Å². The number of aliphatic hydroxyl groups excluding tert-OH is 1. The summed E-state index contributed by atoms with van der Waals surface area (Å²) >= 11 is 0. The molecule has 0 aliphatic heterocycles. The zero-order valence-corrected chi connectivity index (χ0v) is 13.3. The molecule has 0 radical (unpaired) electrons. The molecule has 1 unspecified atom stereocenters. The molecule has 0 spiro atoms. The van der Waals surface area contributed by atoms with Gasteiger partial charge >= 0.3 is 0 Å². The first-order valence-electron chi connectivity index (χ1n) is 7.52. The first-order valence-corrected chi connectivity index (χ1v) is 7.52. The molecule has 0 aromatic heterocycles. The lowest BCUT2D eigenvalue weighted by Gasteiger charge is -2.39. The smallest absolute Gasteiger partial charge is 0.0623 e. The van der Waals surface area contributed by atoms with Gasteiger partial charge in [0.1, 0.15) is 0 Å². The Hall–Kier alpha value is -0.120. The van der Waals surface area contributed by atoms with Crippen LogP contribution >= 0.6 is 0 Å². The van der Waals surface area contributed by atoms with Gasteiger partial charge in [0.15, 0.2) is 0 Å². The zero-order chi connectivity index (χ0) is 14.2. The molecule has 0 aromatic rings. The molecule has 0 heterocycles. The van der Waals surface area contributed by atoms with Crippen molar-refractivity contribution in [2.24, 2.45) is 5.92 Å². The third kappa shape index (κ3) is 6.17. The van der Waals surface area contributed by atoms with E-state index < -0.39 is 0 Å². The minimum absolute atomic E-state index is 0.188. The van der Waals surface area contributed by atoms with E-state index >= 15 is 0 Å². The summed E-state index contributed by atoms with van der Waals surface area (Å²) in [5.74, 6) is 0.662. The van der Waals surface area contributed by atoms with Crippen LogP contribution in [0.4, 0.5) is 0 Å². The van der Waals surface area contributed by atoms with Crippen molar-refractivity contribution in [2.75, 3.05) is 26.2 Å². The molecule has 1 atom stereocenters. The summed E-state index contributed by atoms with van der Waals surface area (Å²) in [6, 6.07) is 0.622. The Morgan fingerprint density at radius 2 is 1.72 bits per heavy atom. The van der Waals surface area contributed by atoms with Crippen molar-refractivity contribution in [1.82, 2.24) is 10.2 Å². The van der Waals surface area contributed by atoms with Gasteiger partial charge in [-0.15, -0.1) is 0 Å². The van der Waals surface area contributed by atoms with E-state index in [1.807, 2.05) is 0 Å². The molecule has 110 valence electrons. The van der Waals surface area contributed by atoms with Gasteiger partial charge in [-0.25, -0.2) is 0 Å². The summed E-state index contributed by atoms with van der Waals surface area (Å²) in [5, 5.41) is 13.1. The van der Waals surface area contributed by atoms with Gasteiger partial charge in [-0.3, -0.25) is 4.90 Å². The molecule has 0 aliphatic rings. The maximum absolute atomic E-state index is 9.64. The highest BCUT2D eigenvalue weighted by molar-refractivity contribution is 4.88. The number of nitrogens with zero attached hydrogens (tertiary/aromatic N) is 1. The fraction of sp³-hybridized carbons (Fsp3) is 1.00. The van der Waals surface area contributed by atoms with E-state index in [1.54, 1.807) is 0 Å². The van der Waals surface area contributed by atoms with Crippen LogP contribution in [0.3, 0.4) is 0 Å². The van der Waals surface area contributed by atoms with Crippen LogP contribution in [0.15, 0.2) is 0 Å². The number of nitrogens with one attached hydrogen (secondary N) is 1. The molecule has 0 rings (SSSR count). The minimum atomic E-state index is -0.188. The molecule has 3 nitrogen and oxygen atoms in total. The average Bonchev–Trinajstić information content (AvgIpc) is 2.30. The molecule has 0 saturated heterocycles. The summed E-state index contributed by atoms with van der Waals surface area (Å²) < 4.78 is 0. The van der Waals surface area contributed by atoms with Gasteiger partial charge in [0.05, 0.1) is 12.1 Å². The normalized spacial score (nSPS) is 15.7. The maximum atomic E-state index is 9.64. The van der Waals surface area contributed by atoms with Gasteiger partial charge in [0.2, 0.25) is 0 Å². The molecular formula is C15H34N2O. The molecule has 3 heteroatoms. The molecule has 0 aromatic carbocycles. The number of hydrogen-bond donors (Lipinski definition) is 2. The number of aliphatic hydroxyl groups is 1. The second-order valence-corrected chi connectivity index (χ2v) is 6.04. The highest BCUT2D eigenvalue weighted by Crippen LogP contribution is 2.16. The van der Waals surface area contributed by atoms with Gasteiger partial charge in [-0.1, -0.05) is 34.6 Å². The lowest BCUT2D eigenvalue weighted by atomic mass is 9.99. The first kappa shape index (κ1) is 17.9. The van der Waals surface area contributed by atoms with E-state index in [9.17, 15) is 5.11 Å². The van der Waals surface area contributed by atoms with E-state index in [0.717, 1.165) is 19.6 Å². The molecule has 2 N–H and O–H groups in total. The Morgan fingerprint density at radius 1 is 1.17 bits per heavy atom. The van der Waals surface area contributed by atoms with Gasteiger partial charge < -0.3 is 10.4 Å². The fourth-order valence-corrected chi connectivity index (χ4v) is 2.65. The lowest BCUT2D eigenvalue weighted by molar-refractivity contribution is 0.0832. The van der Waals surface area contributed by atoms with Gasteiger partial charge in [-0.2, -0.15) is 0 Å². The number of rotatable bonds is 10. The molecule has 18 heavy (non-hydrogen) atoms. The van der Waals surface area contributed by atoms with E-state index in [0.29, 0.717) is 12.0 Å². The zero-order valence-electron chi connectivity index (χ0n) is 13.3. The largest absolute Gasteiger partial charge is 0.394 e. The number of likely N-dealkylation sites (N-methyl/N-ethyl adjacent to an activating group) is 1. The Balaban J connectivity index is 4.73. The van der Waals surface area contributed by atoms with Gasteiger partial charge in [0.25, 0.3) is 0 Å². The Labute approximate surface area is 114 Å². The van der Waals surface area contributed by atoms with Crippen molar-refractivity contribution in [3.8, 4) is 0 Å². The minimum Gasteiger partial charge on any atom is -0.394 e. The molecule has 0 amide bonds. The molecule has 0 fully saturated rings. The van der Waals surface area contributed by atoms with Crippen molar-refractivity contribution in [3.05, 3.63) is 0 Å². The third-order valence-electron chi connectivity index (χ3n) is 3.56. The Kier molecular flexibility index (Phi) is 8.83. The van der Waals surface area contributed by atoms with Crippen LogP contribution in [0, 0.1) is 5.92 Å². The second-order valence-electron chi connectivity index (χ2n) is 6.04. The van der Waals surface area contributed by atoms with E-state index in [4.69, 9.17) is 0 Å². The summed E-state index contributed by atoms with van der Waals surface area (Å²) in [6.45, 7) is 16.4. The molecule has 0 aliphatic carbocycles. The SMILES string of the molecule is CCNC(C)(CO)CN(CC(C)C)C(CC)CC. The molecule has 0 bridgehead atoms. The summed E-state index contributed by atoms with van der Waals surface area (Å²) in [6.07, 6.45) is 2.35. The highest BCUT2D eigenvalue weighted by atomic mass is 16.3. The van der Waals surface area contributed by atoms with Crippen molar-refractivity contribution in [3.63, 3.8) is 0 Å². The first-order chi connectivity index (χ1) is 8.42. The van der Waals surface area contributed by atoms with Gasteiger partial charge in [0, 0.05) is 19.1 Å². The van der Waals surface area contributed by atoms with Crippen LogP contribution in [-0.4, -0.2) is 47.8 Å². The topological polar surface area (TPSA) is 35.5 Å². The fourth-order valence-electron chi connectivity index (χ4n) is 2.65. The maximum Gasteiger partial charge on any atom is 0.0623 e. The van der Waals surface area contributed by atoms with Crippen LogP contribution in [0.5, 0.6) is 0 Å². The Bertz CT molecular complexity index is 205. The predicted molar refractivity (Wildman–Crippen MR) is 79.9 cm³/mol. The highest BCUT2D eigenvalue weighted by Gasteiger charge is 2.28. The van der Waals surface area contributed by atoms with E-state index in [1.165, 1.54) is 12.8 Å². The van der Waals surface area contributed by atoms with Gasteiger partial charge in [-0.05, 0) is 32.2 Å². The van der Waals surface area contributed by atoms with Crippen molar-refractivity contribution in [1.29, 1.82) is 0 Å². The van der Waals surface area contributed by atoms with Crippen LogP contribution in [0.1, 0.15) is 54.4 Å². The number of hydrogen-bond acceptors (Lipinski definition) is 3. The standard InChI is InChI=1S/C15H34N2O/c1-7-14(8-2)17(10-13(4)5)11-15(6,12-18)16-9-3/h13-14,16,18H,7-12H2,1-6H3. The molecule has 0 saturated carbocycles. The van der Waals surface area contributed by atoms with Crippen molar-refractivity contribution < 1.29 is 5.11 Å². The second kappa shape index (κ2) is 8.89. The predicted octanol–water partition coefficient (Wildman–Crippen LogP) is 2.49. The average molecular weight is 258 g/mol. The molecular weight excluding hydrogens is 224 g/mol. The van der Waals surface area contributed by atoms with E-state index in [-0.39, 0.29) is 12.1 Å². The van der Waals surface area contributed by atoms with Crippen LogP contribution < -0.4 is 5.32 Å². The quantitative estimate of drug-likeness (QED) is 0.632. The van der Waals surface area contributed by atoms with Crippen LogP contribution in [0.2, 0.25) is 0 Å². The lowest BCUT2D eigenvalue weighted by Crippen LogP contribution is -2.56. The monoisotopic (exact) mass is 258 g/mol. The summed E-state index contributed by atoms with van der Waals surface area (Å²) in [7, 11) is 0. The third-order valence-corrected chi connectivity index (χ3v) is 3.56. The summed E-state index contributed by atoms with van der Waals surface area (Å²) in [4.78, 5) is 2.55. The van der Waals surface area contributed by atoms with E-state index in [2.05, 4.69) is 51.8 Å². The van der Waals surface area contributed by atoms with Crippen LogP contribution in [-0.2, 0) is 0 Å².